The van der Waals surface area contributed by atoms with Crippen LogP contribution in [0, 0.1) is 17.8 Å². The van der Waals surface area contributed by atoms with E-state index in [9.17, 15) is 14.4 Å². The summed E-state index contributed by atoms with van der Waals surface area (Å²) in [7, 11) is 0. The van der Waals surface area contributed by atoms with Gasteiger partial charge in [0.2, 0.25) is 11.8 Å². The molecule has 0 unspecified atom stereocenters. The van der Waals surface area contributed by atoms with Crippen molar-refractivity contribution >= 4 is 17.6 Å². The van der Waals surface area contributed by atoms with Crippen molar-refractivity contribution in [2.24, 2.45) is 23.5 Å². The van der Waals surface area contributed by atoms with E-state index in [1.807, 2.05) is 13.8 Å². The highest BCUT2D eigenvalue weighted by Crippen LogP contribution is 2.22. The molecular weight excluding hydrogens is 208 g/mol. The van der Waals surface area contributed by atoms with Crippen molar-refractivity contribution in [2.45, 2.75) is 33.2 Å². The van der Waals surface area contributed by atoms with E-state index in [1.165, 1.54) is 0 Å². The minimum absolute atomic E-state index is 0.287. The number of nitrogens with two attached hydrogens (primary N) is 1. The zero-order valence-corrected chi connectivity index (χ0v) is 9.82. The fraction of sp³-hybridized carbons (Fsp3) is 0.727. The zero-order valence-electron chi connectivity index (χ0n) is 9.82. The normalized spacial score (nSPS) is 27.1. The van der Waals surface area contributed by atoms with Crippen molar-refractivity contribution in [2.75, 3.05) is 0 Å². The van der Waals surface area contributed by atoms with E-state index in [0.29, 0.717) is 6.42 Å². The summed E-state index contributed by atoms with van der Waals surface area (Å²) in [4.78, 5) is 34.5. The zero-order chi connectivity index (χ0) is 12.5. The lowest BCUT2D eigenvalue weighted by Crippen LogP contribution is -2.41. The number of rotatable bonds is 4. The van der Waals surface area contributed by atoms with Crippen molar-refractivity contribution in [3.05, 3.63) is 0 Å². The molecule has 3 atom stereocenters. The second-order valence-electron chi connectivity index (χ2n) is 4.76. The number of hydrogen-bond donors (Lipinski definition) is 2. The summed E-state index contributed by atoms with van der Waals surface area (Å²) < 4.78 is 0. The van der Waals surface area contributed by atoms with E-state index in [-0.39, 0.29) is 17.6 Å². The number of carbonyl (C=O) groups excluding carboxylic acids is 3. The number of Topliss-reactive ketones (excluding diaryl/α,β-unsaturated/α-hetero) is 1. The van der Waals surface area contributed by atoms with E-state index in [4.69, 9.17) is 5.73 Å². The maximum Gasteiger partial charge on any atom is 0.238 e. The molecule has 0 radical (unpaired) electrons. The molecule has 90 valence electrons. The largest absolute Gasteiger partial charge is 0.321 e. The average Bonchev–Trinajstić information content (AvgIpc) is 2.39. The Hall–Kier alpha value is -1.23. The Morgan fingerprint density at radius 2 is 1.94 bits per heavy atom. The van der Waals surface area contributed by atoms with E-state index < -0.39 is 23.8 Å². The molecule has 0 aromatic rings. The molecule has 5 nitrogen and oxygen atoms in total. The number of imide groups is 1. The molecule has 1 aliphatic rings. The number of carbonyl (C=O) groups is 3. The van der Waals surface area contributed by atoms with Gasteiger partial charge in [-0.15, -0.1) is 0 Å². The van der Waals surface area contributed by atoms with Crippen molar-refractivity contribution in [1.82, 2.24) is 5.32 Å². The van der Waals surface area contributed by atoms with Crippen LogP contribution in [0.3, 0.4) is 0 Å². The molecule has 0 spiro atoms. The second-order valence-corrected chi connectivity index (χ2v) is 4.76. The first kappa shape index (κ1) is 12.8. The van der Waals surface area contributed by atoms with Gasteiger partial charge in [-0.1, -0.05) is 20.8 Å². The van der Waals surface area contributed by atoms with Crippen LogP contribution >= 0.6 is 0 Å². The van der Waals surface area contributed by atoms with E-state index in [0.717, 1.165) is 0 Å². The summed E-state index contributed by atoms with van der Waals surface area (Å²) in [5.41, 5.74) is 5.73. The van der Waals surface area contributed by atoms with Gasteiger partial charge in [0.25, 0.3) is 0 Å². The average molecular weight is 226 g/mol. The highest BCUT2D eigenvalue weighted by Gasteiger charge is 2.44. The van der Waals surface area contributed by atoms with Crippen molar-refractivity contribution < 1.29 is 14.4 Å². The fourth-order valence-electron chi connectivity index (χ4n) is 1.92. The van der Waals surface area contributed by atoms with Gasteiger partial charge in [0.15, 0.2) is 5.78 Å². The first-order valence-corrected chi connectivity index (χ1v) is 5.48. The minimum atomic E-state index is -0.902. The third-order valence-corrected chi connectivity index (χ3v) is 2.84. The van der Waals surface area contributed by atoms with Crippen molar-refractivity contribution in [1.29, 1.82) is 0 Å². The van der Waals surface area contributed by atoms with Gasteiger partial charge in [0.1, 0.15) is 5.92 Å². The van der Waals surface area contributed by atoms with Gasteiger partial charge in [-0.25, -0.2) is 0 Å². The molecule has 1 fully saturated rings. The molecular formula is C11H18N2O3. The molecule has 2 amide bonds. The fourth-order valence-corrected chi connectivity index (χ4v) is 1.92. The molecule has 0 aromatic heterocycles. The highest BCUT2D eigenvalue weighted by molar-refractivity contribution is 6.16. The first-order chi connectivity index (χ1) is 7.34. The Morgan fingerprint density at radius 3 is 2.31 bits per heavy atom. The lowest BCUT2D eigenvalue weighted by molar-refractivity contribution is -0.134. The number of amides is 2. The predicted octanol–water partition coefficient (Wildman–Crippen LogP) is -0.162. The van der Waals surface area contributed by atoms with E-state index in [2.05, 4.69) is 5.32 Å². The lowest BCUT2D eigenvalue weighted by atomic mass is 9.86. The van der Waals surface area contributed by atoms with E-state index in [1.54, 1.807) is 6.92 Å². The van der Waals surface area contributed by atoms with Crippen LogP contribution in [-0.2, 0) is 14.4 Å². The van der Waals surface area contributed by atoms with Gasteiger partial charge in [-0.2, -0.15) is 0 Å². The highest BCUT2D eigenvalue weighted by atomic mass is 16.2. The molecule has 5 heteroatoms. The van der Waals surface area contributed by atoms with Gasteiger partial charge in [-0.3, -0.25) is 19.7 Å². The molecule has 3 N–H and O–H groups in total. The smallest absolute Gasteiger partial charge is 0.238 e. The summed E-state index contributed by atoms with van der Waals surface area (Å²) in [6, 6.07) is -0.663. The quantitative estimate of drug-likeness (QED) is 0.515. The Morgan fingerprint density at radius 1 is 1.38 bits per heavy atom. The summed E-state index contributed by atoms with van der Waals surface area (Å²) in [6.07, 6.45) is 0.531. The summed E-state index contributed by atoms with van der Waals surface area (Å²) >= 11 is 0. The minimum Gasteiger partial charge on any atom is -0.321 e. The Balaban J connectivity index is 2.74. The standard InChI is InChI=1S/C11H18N2O3/c1-5(2)4-7(12)9(14)8-6(3)10(15)13-11(8)16/h5-8H,4,12H2,1-3H3,(H,13,15,16)/t6-,7-,8+/m0/s1. The molecule has 0 aliphatic carbocycles. The van der Waals surface area contributed by atoms with Gasteiger partial charge in [-0.05, 0) is 12.3 Å². The Kier molecular flexibility index (Phi) is 3.80. The molecule has 16 heavy (non-hydrogen) atoms. The van der Waals surface area contributed by atoms with Crippen LogP contribution in [0.2, 0.25) is 0 Å². The monoisotopic (exact) mass is 226 g/mol. The second kappa shape index (κ2) is 4.74. The number of nitrogens with one attached hydrogen (secondary N) is 1. The van der Waals surface area contributed by atoms with Gasteiger partial charge >= 0.3 is 0 Å². The van der Waals surface area contributed by atoms with Crippen LogP contribution in [-0.4, -0.2) is 23.6 Å². The maximum absolute atomic E-state index is 11.9. The van der Waals surface area contributed by atoms with E-state index >= 15 is 0 Å². The van der Waals surface area contributed by atoms with Crippen LogP contribution in [0.15, 0.2) is 0 Å². The number of ketones is 1. The lowest BCUT2D eigenvalue weighted by Gasteiger charge is -2.17. The summed E-state index contributed by atoms with van der Waals surface area (Å²) in [5, 5.41) is 2.15. The molecule has 1 saturated heterocycles. The van der Waals surface area contributed by atoms with Crippen LogP contribution in [0.1, 0.15) is 27.2 Å². The molecule has 1 heterocycles. The van der Waals surface area contributed by atoms with Crippen molar-refractivity contribution in [3.8, 4) is 0 Å². The van der Waals surface area contributed by atoms with Crippen LogP contribution in [0.4, 0.5) is 0 Å². The van der Waals surface area contributed by atoms with Gasteiger partial charge in [0, 0.05) is 0 Å². The predicted molar refractivity (Wildman–Crippen MR) is 58.2 cm³/mol. The topological polar surface area (TPSA) is 89.3 Å². The SMILES string of the molecule is CC(C)C[C@H](N)C(=O)[C@@H]1C(=O)NC(=O)[C@H]1C. The van der Waals surface area contributed by atoms with Crippen LogP contribution in [0.25, 0.3) is 0 Å². The molecule has 0 saturated carbocycles. The van der Waals surface area contributed by atoms with Gasteiger partial charge < -0.3 is 5.73 Å². The molecule has 1 aliphatic heterocycles. The van der Waals surface area contributed by atoms with Crippen LogP contribution in [0.5, 0.6) is 0 Å². The Bertz CT molecular complexity index is 325. The first-order valence-electron chi connectivity index (χ1n) is 5.48. The molecule has 0 bridgehead atoms. The third-order valence-electron chi connectivity index (χ3n) is 2.84. The van der Waals surface area contributed by atoms with Gasteiger partial charge in [0.05, 0.1) is 12.0 Å². The molecule has 0 aromatic carbocycles. The Labute approximate surface area is 94.8 Å². The molecule has 1 rings (SSSR count). The van der Waals surface area contributed by atoms with Crippen molar-refractivity contribution in [3.63, 3.8) is 0 Å². The third kappa shape index (κ3) is 2.47. The maximum atomic E-state index is 11.9. The summed E-state index contributed by atoms with van der Waals surface area (Å²) in [5.74, 6) is -2.44. The summed E-state index contributed by atoms with van der Waals surface area (Å²) in [6.45, 7) is 5.48. The van der Waals surface area contributed by atoms with Crippen LogP contribution < -0.4 is 11.1 Å². The number of hydrogen-bond acceptors (Lipinski definition) is 4.